The van der Waals surface area contributed by atoms with E-state index in [0.717, 1.165) is 43.9 Å². The summed E-state index contributed by atoms with van der Waals surface area (Å²) in [5, 5.41) is 9.82. The van der Waals surface area contributed by atoms with Gasteiger partial charge in [0.05, 0.1) is 5.56 Å². The number of nitrogens with zero attached hydrogens (tertiary/aromatic N) is 2. The fraction of sp³-hybridized carbons (Fsp3) is 0.455. The van der Waals surface area contributed by atoms with Crippen molar-refractivity contribution in [3.63, 3.8) is 0 Å². The normalized spacial score (nSPS) is 17.2. The van der Waals surface area contributed by atoms with Crippen LogP contribution < -0.4 is 15.8 Å². The summed E-state index contributed by atoms with van der Waals surface area (Å²) in [5.74, 6) is -0.413. The van der Waals surface area contributed by atoms with E-state index in [1.807, 2.05) is 12.1 Å². The summed E-state index contributed by atoms with van der Waals surface area (Å²) >= 11 is 0. The third-order valence-electron chi connectivity index (χ3n) is 5.71. The van der Waals surface area contributed by atoms with Gasteiger partial charge in [0.25, 0.3) is 5.43 Å². The first kappa shape index (κ1) is 19.4. The van der Waals surface area contributed by atoms with E-state index in [4.69, 9.17) is 0 Å². The molecular formula is C22H28N2O3. The molecule has 1 heterocycles. The second kappa shape index (κ2) is 7.31. The van der Waals surface area contributed by atoms with Crippen LogP contribution in [0.3, 0.4) is 0 Å². The molecule has 0 saturated carbocycles. The van der Waals surface area contributed by atoms with Crippen molar-refractivity contribution in [2.75, 3.05) is 31.6 Å². The van der Waals surface area contributed by atoms with Crippen molar-refractivity contribution >= 4 is 11.8 Å². The van der Waals surface area contributed by atoms with Gasteiger partial charge in [0.1, 0.15) is 0 Å². The molecule has 27 heavy (non-hydrogen) atoms. The number of hydrogen-bond acceptors (Lipinski definition) is 5. The Morgan fingerprint density at radius 3 is 2.52 bits per heavy atom. The van der Waals surface area contributed by atoms with E-state index >= 15 is 0 Å². The van der Waals surface area contributed by atoms with Crippen LogP contribution in [0.2, 0.25) is 0 Å². The molecule has 1 N–H and O–H groups in total. The summed E-state index contributed by atoms with van der Waals surface area (Å²) in [6.07, 6.45) is 3.81. The summed E-state index contributed by atoms with van der Waals surface area (Å²) in [5.41, 5.74) is 1.72. The fourth-order valence-electron chi connectivity index (χ4n) is 3.82. The first-order chi connectivity index (χ1) is 12.8. The smallest absolute Gasteiger partial charge is 0.268 e. The quantitative estimate of drug-likeness (QED) is 0.601. The van der Waals surface area contributed by atoms with Gasteiger partial charge in [-0.15, -0.1) is 0 Å². The molecule has 0 saturated heterocycles. The van der Waals surface area contributed by atoms with Crippen molar-refractivity contribution in [1.29, 1.82) is 0 Å². The van der Waals surface area contributed by atoms with Crippen molar-refractivity contribution in [1.82, 2.24) is 4.90 Å². The van der Waals surface area contributed by atoms with Gasteiger partial charge in [0.15, 0.2) is 5.75 Å². The van der Waals surface area contributed by atoms with Crippen LogP contribution in [0.5, 0.6) is 5.75 Å². The Hall–Kier alpha value is -2.40. The van der Waals surface area contributed by atoms with Crippen molar-refractivity contribution < 1.29 is 5.11 Å². The molecule has 144 valence electrons. The molecule has 0 spiro atoms. The molecule has 2 aromatic rings. The molecule has 5 nitrogen and oxygen atoms in total. The lowest BCUT2D eigenvalue weighted by atomic mass is 9.83. The molecule has 3 rings (SSSR count). The summed E-state index contributed by atoms with van der Waals surface area (Å²) < 4.78 is 0. The van der Waals surface area contributed by atoms with Gasteiger partial charge in [0, 0.05) is 23.3 Å². The summed E-state index contributed by atoms with van der Waals surface area (Å²) in [4.78, 5) is 27.8. The summed E-state index contributed by atoms with van der Waals surface area (Å²) in [6, 6.07) is 8.24. The summed E-state index contributed by atoms with van der Waals surface area (Å²) in [7, 11) is 2.12. The topological polar surface area (TPSA) is 60.9 Å². The Morgan fingerprint density at radius 2 is 1.85 bits per heavy atom. The van der Waals surface area contributed by atoms with Gasteiger partial charge in [-0.25, -0.2) is 0 Å². The van der Waals surface area contributed by atoms with E-state index in [1.54, 1.807) is 6.08 Å². The second-order valence-electron chi connectivity index (χ2n) is 7.85. The maximum absolute atomic E-state index is 11.9. The molecule has 2 aromatic carbocycles. The van der Waals surface area contributed by atoms with Crippen LogP contribution in [0.1, 0.15) is 44.7 Å². The van der Waals surface area contributed by atoms with Crippen LogP contribution in [0.4, 0.5) is 5.69 Å². The fourth-order valence-corrected chi connectivity index (χ4v) is 3.82. The number of para-hydroxylation sites is 1. The zero-order valence-electron chi connectivity index (χ0n) is 16.6. The number of anilines is 1. The van der Waals surface area contributed by atoms with E-state index in [9.17, 15) is 14.7 Å². The van der Waals surface area contributed by atoms with E-state index in [-0.39, 0.29) is 11.0 Å². The minimum absolute atomic E-state index is 0.131. The van der Waals surface area contributed by atoms with Gasteiger partial charge in [-0.3, -0.25) is 9.59 Å². The predicted molar refractivity (Wildman–Crippen MR) is 110 cm³/mol. The zero-order chi connectivity index (χ0) is 19.8. The van der Waals surface area contributed by atoms with Gasteiger partial charge < -0.3 is 14.9 Å². The first-order valence-corrected chi connectivity index (χ1v) is 9.59. The zero-order valence-corrected chi connectivity index (χ0v) is 16.6. The van der Waals surface area contributed by atoms with Gasteiger partial charge >= 0.3 is 0 Å². The third-order valence-corrected chi connectivity index (χ3v) is 5.71. The number of allylic oxidation sites excluding steroid dienone is 1. The number of fused-ring (bicyclic) bond motifs is 1. The highest BCUT2D eigenvalue weighted by molar-refractivity contribution is 5.77. The standard InChI is InChI=1S/C22H28N2O3/c1-5-23(4)12-8-9-13-24-17-11-7-6-10-16(17)22(2,3)18(24)14-15-19(25)21(27)20(15)26/h6-7,10-11,14,25H,5,8-9,12-13H2,1-4H3/b18-14+. The average molecular weight is 368 g/mol. The van der Waals surface area contributed by atoms with Crippen LogP contribution in [0.25, 0.3) is 6.08 Å². The molecule has 0 unspecified atom stereocenters. The monoisotopic (exact) mass is 368 g/mol. The van der Waals surface area contributed by atoms with Crippen LogP contribution in [-0.4, -0.2) is 36.7 Å². The molecular weight excluding hydrogens is 340 g/mol. The van der Waals surface area contributed by atoms with Crippen molar-refractivity contribution in [3.05, 3.63) is 61.5 Å². The van der Waals surface area contributed by atoms with Crippen LogP contribution in [0, 0.1) is 0 Å². The van der Waals surface area contributed by atoms with Gasteiger partial charge in [-0.1, -0.05) is 39.0 Å². The molecule has 0 atom stereocenters. The molecule has 0 aliphatic carbocycles. The Balaban J connectivity index is 1.92. The second-order valence-corrected chi connectivity index (χ2v) is 7.85. The third kappa shape index (κ3) is 3.32. The average Bonchev–Trinajstić information content (AvgIpc) is 2.89. The minimum atomic E-state index is -0.788. The van der Waals surface area contributed by atoms with Crippen LogP contribution >= 0.6 is 0 Å². The predicted octanol–water partition coefficient (Wildman–Crippen LogP) is 2.86. The highest BCUT2D eigenvalue weighted by atomic mass is 16.3. The largest absolute Gasteiger partial charge is 0.504 e. The van der Waals surface area contributed by atoms with Gasteiger partial charge in [0.2, 0.25) is 5.43 Å². The number of aromatic hydroxyl groups is 1. The molecule has 1 aliphatic heterocycles. The lowest BCUT2D eigenvalue weighted by Gasteiger charge is -2.28. The Morgan fingerprint density at radius 1 is 1.15 bits per heavy atom. The number of unbranched alkanes of at least 4 members (excludes halogenated alkanes) is 1. The first-order valence-electron chi connectivity index (χ1n) is 9.59. The lowest BCUT2D eigenvalue weighted by Crippen LogP contribution is -2.34. The minimum Gasteiger partial charge on any atom is -0.504 e. The lowest BCUT2D eigenvalue weighted by molar-refractivity contribution is 0.344. The Bertz CT molecular complexity index is 935. The van der Waals surface area contributed by atoms with Gasteiger partial charge in [-0.2, -0.15) is 0 Å². The van der Waals surface area contributed by atoms with Crippen molar-refractivity contribution in [2.24, 2.45) is 0 Å². The number of benzene rings is 1. The SMILES string of the molecule is CCN(C)CCCCN1/C(=C/c2c(O)c(=O)c2=O)C(C)(C)c2ccccc21. The highest BCUT2D eigenvalue weighted by Crippen LogP contribution is 2.48. The summed E-state index contributed by atoms with van der Waals surface area (Å²) in [6.45, 7) is 9.30. The molecule has 0 radical (unpaired) electrons. The molecule has 1 aliphatic rings. The van der Waals surface area contributed by atoms with E-state index in [2.05, 4.69) is 49.8 Å². The van der Waals surface area contributed by atoms with Crippen molar-refractivity contribution in [3.8, 4) is 5.75 Å². The number of rotatable bonds is 7. The van der Waals surface area contributed by atoms with E-state index in [1.165, 1.54) is 5.56 Å². The maximum atomic E-state index is 11.9. The Labute approximate surface area is 160 Å². The molecule has 0 aromatic heterocycles. The maximum Gasteiger partial charge on any atom is 0.268 e. The van der Waals surface area contributed by atoms with Crippen LogP contribution in [0.15, 0.2) is 39.6 Å². The molecule has 0 bridgehead atoms. The van der Waals surface area contributed by atoms with Crippen LogP contribution in [-0.2, 0) is 5.41 Å². The molecule has 5 heteroatoms. The Kier molecular flexibility index (Phi) is 5.24. The highest BCUT2D eigenvalue weighted by Gasteiger charge is 2.40. The van der Waals surface area contributed by atoms with Gasteiger partial charge in [-0.05, 0) is 50.7 Å². The molecule has 0 amide bonds. The van der Waals surface area contributed by atoms with Crippen molar-refractivity contribution in [2.45, 2.75) is 39.0 Å². The number of hydrogen-bond donors (Lipinski definition) is 1. The van der Waals surface area contributed by atoms with E-state index in [0.29, 0.717) is 0 Å². The molecule has 0 fully saturated rings. The van der Waals surface area contributed by atoms with E-state index < -0.39 is 16.6 Å².